The number of pyridine rings is 2. The van der Waals surface area contributed by atoms with Crippen LogP contribution in [0.1, 0.15) is 10.5 Å². The van der Waals surface area contributed by atoms with Gasteiger partial charge in [0.2, 0.25) is 0 Å². The fraction of sp³-hybridized carbons (Fsp3) is 0.0667. The van der Waals surface area contributed by atoms with Crippen molar-refractivity contribution in [3.05, 3.63) is 61.1 Å². The molecule has 3 aromatic rings. The Hall–Kier alpha value is -3.22. The molecule has 0 fully saturated rings. The van der Waals surface area contributed by atoms with Crippen LogP contribution in [-0.4, -0.2) is 32.5 Å². The first-order chi connectivity index (χ1) is 10.8. The van der Waals surface area contributed by atoms with Gasteiger partial charge in [-0.25, -0.2) is 9.97 Å². The summed E-state index contributed by atoms with van der Waals surface area (Å²) in [6.45, 7) is 0. The summed E-state index contributed by atoms with van der Waals surface area (Å²) in [4.78, 5) is 24.6. The predicted molar refractivity (Wildman–Crippen MR) is 80.1 cm³/mol. The zero-order valence-electron chi connectivity index (χ0n) is 11.8. The number of methoxy groups -OCH3 is 1. The van der Waals surface area contributed by atoms with E-state index in [0.29, 0.717) is 17.3 Å². The van der Waals surface area contributed by atoms with Crippen molar-refractivity contribution in [3.63, 3.8) is 0 Å². The number of nitrogens with one attached hydrogen (secondary N) is 1. The quantitative estimate of drug-likeness (QED) is 0.795. The molecule has 0 saturated heterocycles. The second-order valence-corrected chi connectivity index (χ2v) is 4.42. The third kappa shape index (κ3) is 2.93. The van der Waals surface area contributed by atoms with E-state index in [2.05, 4.69) is 20.3 Å². The predicted octanol–water partition coefficient (Wildman–Crippen LogP) is 1.92. The van der Waals surface area contributed by atoms with Gasteiger partial charge < -0.3 is 10.1 Å². The van der Waals surface area contributed by atoms with Crippen LogP contribution in [-0.2, 0) is 0 Å². The standard InChI is InChI=1S/C15H13N5O2/c1-22-12-7-13(15(21)18-11-3-2-4-16-9-11)19-14(8-12)20-6-5-17-10-20/h2-10H,1H3,(H,18,21). The molecule has 0 aromatic carbocycles. The van der Waals surface area contributed by atoms with Crippen LogP contribution in [0, 0.1) is 0 Å². The second-order valence-electron chi connectivity index (χ2n) is 4.42. The van der Waals surface area contributed by atoms with Crippen molar-refractivity contribution >= 4 is 11.6 Å². The van der Waals surface area contributed by atoms with Crippen LogP contribution in [0.15, 0.2) is 55.4 Å². The highest BCUT2D eigenvalue weighted by Gasteiger charge is 2.12. The highest BCUT2D eigenvalue weighted by Crippen LogP contribution is 2.17. The number of ether oxygens (including phenoxy) is 1. The number of imidazole rings is 1. The Kier molecular flexibility index (Phi) is 3.78. The highest BCUT2D eigenvalue weighted by atomic mass is 16.5. The first-order valence-corrected chi connectivity index (χ1v) is 6.52. The van der Waals surface area contributed by atoms with Crippen molar-refractivity contribution in [2.75, 3.05) is 12.4 Å². The van der Waals surface area contributed by atoms with Gasteiger partial charge in [0.05, 0.1) is 19.0 Å². The first kappa shape index (κ1) is 13.7. The molecule has 0 bridgehead atoms. The van der Waals surface area contributed by atoms with Gasteiger partial charge >= 0.3 is 0 Å². The van der Waals surface area contributed by atoms with E-state index in [1.54, 1.807) is 59.9 Å². The van der Waals surface area contributed by atoms with Gasteiger partial charge in [0, 0.05) is 30.7 Å². The zero-order valence-corrected chi connectivity index (χ0v) is 11.8. The lowest BCUT2D eigenvalue weighted by molar-refractivity contribution is 0.102. The van der Waals surface area contributed by atoms with Crippen molar-refractivity contribution in [1.82, 2.24) is 19.5 Å². The molecule has 1 amide bonds. The maximum absolute atomic E-state index is 12.3. The third-order valence-corrected chi connectivity index (χ3v) is 2.94. The molecule has 0 aliphatic carbocycles. The lowest BCUT2D eigenvalue weighted by Gasteiger charge is -2.09. The van der Waals surface area contributed by atoms with Crippen LogP contribution in [0.4, 0.5) is 5.69 Å². The Labute approximate surface area is 126 Å². The lowest BCUT2D eigenvalue weighted by atomic mass is 10.3. The van der Waals surface area contributed by atoms with Crippen LogP contribution in [0.2, 0.25) is 0 Å². The molecule has 7 nitrogen and oxygen atoms in total. The molecule has 0 unspecified atom stereocenters. The number of amides is 1. The first-order valence-electron chi connectivity index (χ1n) is 6.52. The van der Waals surface area contributed by atoms with E-state index in [0.717, 1.165) is 0 Å². The van der Waals surface area contributed by atoms with Crippen LogP contribution in [0.25, 0.3) is 5.82 Å². The number of carbonyl (C=O) groups is 1. The summed E-state index contributed by atoms with van der Waals surface area (Å²) >= 11 is 0. The number of anilines is 1. The molecule has 3 heterocycles. The Morgan fingerprint density at radius 1 is 1.27 bits per heavy atom. The van der Waals surface area contributed by atoms with E-state index in [9.17, 15) is 4.79 Å². The van der Waals surface area contributed by atoms with Gasteiger partial charge in [-0.3, -0.25) is 14.3 Å². The molecule has 3 aromatic heterocycles. The summed E-state index contributed by atoms with van der Waals surface area (Å²) in [7, 11) is 1.54. The van der Waals surface area contributed by atoms with Gasteiger partial charge in [0.1, 0.15) is 23.6 Å². The summed E-state index contributed by atoms with van der Waals surface area (Å²) in [5.41, 5.74) is 0.841. The van der Waals surface area contributed by atoms with E-state index in [-0.39, 0.29) is 11.6 Å². The molecule has 1 N–H and O–H groups in total. The molecule has 0 radical (unpaired) electrons. The van der Waals surface area contributed by atoms with Crippen LogP contribution >= 0.6 is 0 Å². The van der Waals surface area contributed by atoms with Gasteiger partial charge in [0.15, 0.2) is 0 Å². The Morgan fingerprint density at radius 2 is 2.18 bits per heavy atom. The minimum Gasteiger partial charge on any atom is -0.497 e. The highest BCUT2D eigenvalue weighted by molar-refractivity contribution is 6.03. The molecule has 22 heavy (non-hydrogen) atoms. The zero-order chi connectivity index (χ0) is 15.4. The third-order valence-electron chi connectivity index (χ3n) is 2.94. The van der Waals surface area contributed by atoms with Crippen LogP contribution < -0.4 is 10.1 Å². The van der Waals surface area contributed by atoms with E-state index in [1.165, 1.54) is 7.11 Å². The van der Waals surface area contributed by atoms with E-state index >= 15 is 0 Å². The van der Waals surface area contributed by atoms with Crippen molar-refractivity contribution in [2.45, 2.75) is 0 Å². The maximum atomic E-state index is 12.3. The molecule has 0 aliphatic heterocycles. The van der Waals surface area contributed by atoms with Crippen LogP contribution in [0.5, 0.6) is 5.75 Å². The van der Waals surface area contributed by atoms with E-state index < -0.39 is 0 Å². The molecule has 0 aliphatic rings. The Bertz CT molecular complexity index is 772. The lowest BCUT2D eigenvalue weighted by Crippen LogP contribution is -2.15. The van der Waals surface area contributed by atoms with Gasteiger partial charge in [-0.15, -0.1) is 0 Å². The van der Waals surface area contributed by atoms with Crippen molar-refractivity contribution in [1.29, 1.82) is 0 Å². The minimum absolute atomic E-state index is 0.243. The largest absolute Gasteiger partial charge is 0.497 e. The fourth-order valence-corrected chi connectivity index (χ4v) is 1.88. The molecular formula is C15H13N5O2. The van der Waals surface area contributed by atoms with Gasteiger partial charge in [-0.1, -0.05) is 0 Å². The Morgan fingerprint density at radius 3 is 2.86 bits per heavy atom. The molecule has 0 spiro atoms. The van der Waals surface area contributed by atoms with Gasteiger partial charge in [-0.05, 0) is 12.1 Å². The maximum Gasteiger partial charge on any atom is 0.274 e. The second kappa shape index (κ2) is 6.04. The molecule has 7 heteroatoms. The van der Waals surface area contributed by atoms with Crippen LogP contribution in [0.3, 0.4) is 0 Å². The topological polar surface area (TPSA) is 81.9 Å². The summed E-state index contributed by atoms with van der Waals surface area (Å²) in [6, 6.07) is 6.79. The number of aromatic nitrogens is 4. The van der Waals surface area contributed by atoms with Gasteiger partial charge in [-0.2, -0.15) is 0 Å². The smallest absolute Gasteiger partial charge is 0.274 e. The van der Waals surface area contributed by atoms with Crippen molar-refractivity contribution in [3.8, 4) is 11.6 Å². The molecular weight excluding hydrogens is 282 g/mol. The minimum atomic E-state index is -0.340. The number of rotatable bonds is 4. The normalized spacial score (nSPS) is 10.2. The fourth-order valence-electron chi connectivity index (χ4n) is 1.88. The monoisotopic (exact) mass is 295 g/mol. The van der Waals surface area contributed by atoms with E-state index in [4.69, 9.17) is 4.74 Å². The summed E-state index contributed by atoms with van der Waals surface area (Å²) < 4.78 is 6.93. The SMILES string of the molecule is COc1cc(C(=O)Nc2cccnc2)nc(-n2ccnc2)c1. The number of hydrogen-bond acceptors (Lipinski definition) is 5. The van der Waals surface area contributed by atoms with Crippen molar-refractivity contribution in [2.24, 2.45) is 0 Å². The number of hydrogen-bond donors (Lipinski definition) is 1. The molecule has 0 atom stereocenters. The molecule has 0 saturated carbocycles. The molecule has 3 rings (SSSR count). The van der Waals surface area contributed by atoms with Gasteiger partial charge in [0.25, 0.3) is 5.91 Å². The number of carbonyl (C=O) groups excluding carboxylic acids is 1. The summed E-state index contributed by atoms with van der Waals surface area (Å²) in [5.74, 6) is 0.747. The summed E-state index contributed by atoms with van der Waals surface area (Å²) in [5, 5.41) is 2.74. The molecule has 110 valence electrons. The Balaban J connectivity index is 1.92. The van der Waals surface area contributed by atoms with Crippen molar-refractivity contribution < 1.29 is 9.53 Å². The summed E-state index contributed by atoms with van der Waals surface area (Å²) in [6.07, 6.45) is 8.18. The van der Waals surface area contributed by atoms with E-state index in [1.807, 2.05) is 0 Å². The number of nitrogens with zero attached hydrogens (tertiary/aromatic N) is 4. The average molecular weight is 295 g/mol. The average Bonchev–Trinajstić information content (AvgIpc) is 3.10.